The molecule has 0 unspecified atom stereocenters. The van der Waals surface area contributed by atoms with Crippen molar-refractivity contribution in [1.82, 2.24) is 4.90 Å². The van der Waals surface area contributed by atoms with Crippen LogP contribution in [0.15, 0.2) is 24.3 Å². The first-order valence-electron chi connectivity index (χ1n) is 6.30. The summed E-state index contributed by atoms with van der Waals surface area (Å²) in [4.78, 5) is 2.18. The van der Waals surface area contributed by atoms with E-state index in [0.29, 0.717) is 18.2 Å². The van der Waals surface area contributed by atoms with Crippen molar-refractivity contribution in [2.75, 3.05) is 11.9 Å². The van der Waals surface area contributed by atoms with Gasteiger partial charge >= 0.3 is 6.18 Å². The number of hydrogen-bond acceptors (Lipinski definition) is 1. The minimum atomic E-state index is -4.27. The Morgan fingerprint density at radius 2 is 1.95 bits per heavy atom. The Kier molecular flexibility index (Phi) is 6.33. The van der Waals surface area contributed by atoms with Crippen molar-refractivity contribution in [3.8, 4) is 0 Å². The van der Waals surface area contributed by atoms with Gasteiger partial charge in [-0.25, -0.2) is 0 Å². The lowest BCUT2D eigenvalue weighted by Gasteiger charge is -2.26. The predicted octanol–water partition coefficient (Wildman–Crippen LogP) is 4.70. The molecule has 0 amide bonds. The maximum Gasteiger partial charge on any atom is 0.416 e. The average molecular weight is 338 g/mol. The third kappa shape index (κ3) is 5.53. The molecule has 0 aliphatic rings. The molecule has 0 spiro atoms. The number of rotatable bonds is 6. The molecular formula is C14H19BrF3N. The lowest BCUT2D eigenvalue weighted by Crippen LogP contribution is -2.31. The second-order valence-corrected chi connectivity index (χ2v) is 5.60. The molecule has 0 fully saturated rings. The first kappa shape index (κ1) is 16.5. The molecular weight excluding hydrogens is 319 g/mol. The number of nitrogens with zero attached hydrogens (tertiary/aromatic N) is 1. The smallest absolute Gasteiger partial charge is 0.297 e. The molecule has 0 aliphatic carbocycles. The Hall–Kier alpha value is -0.550. The fraction of sp³-hybridized carbons (Fsp3) is 0.571. The molecule has 1 nitrogen and oxygen atoms in total. The molecule has 1 aromatic rings. The summed E-state index contributed by atoms with van der Waals surface area (Å²) in [7, 11) is 0. The normalized spacial score (nSPS) is 12.4. The Bertz CT molecular complexity index is 391. The molecule has 0 bridgehead atoms. The van der Waals surface area contributed by atoms with Crippen LogP contribution in [0.3, 0.4) is 0 Å². The quantitative estimate of drug-likeness (QED) is 0.680. The molecule has 1 rings (SSSR count). The summed E-state index contributed by atoms with van der Waals surface area (Å²) in [6, 6.07) is 5.89. The first-order valence-corrected chi connectivity index (χ1v) is 7.43. The highest BCUT2D eigenvalue weighted by Gasteiger charge is 2.30. The Balaban J connectivity index is 2.79. The maximum atomic E-state index is 12.6. The Morgan fingerprint density at radius 1 is 1.26 bits per heavy atom. The van der Waals surface area contributed by atoms with Gasteiger partial charge in [0.1, 0.15) is 0 Å². The minimum absolute atomic E-state index is 0.314. The van der Waals surface area contributed by atoms with E-state index in [4.69, 9.17) is 0 Å². The lowest BCUT2D eigenvalue weighted by molar-refractivity contribution is -0.137. The fourth-order valence-electron chi connectivity index (χ4n) is 1.86. The molecule has 19 heavy (non-hydrogen) atoms. The van der Waals surface area contributed by atoms with Crippen LogP contribution in [0.5, 0.6) is 0 Å². The predicted molar refractivity (Wildman–Crippen MR) is 75.4 cm³/mol. The van der Waals surface area contributed by atoms with E-state index in [1.54, 1.807) is 6.07 Å². The molecule has 0 heterocycles. The van der Waals surface area contributed by atoms with Gasteiger partial charge in [-0.3, -0.25) is 4.90 Å². The third-order valence-corrected chi connectivity index (χ3v) is 3.51. The van der Waals surface area contributed by atoms with Crippen molar-refractivity contribution < 1.29 is 13.2 Å². The lowest BCUT2D eigenvalue weighted by atomic mass is 10.1. The second-order valence-electron chi connectivity index (χ2n) is 4.80. The number of benzene rings is 1. The minimum Gasteiger partial charge on any atom is -0.297 e. The van der Waals surface area contributed by atoms with Crippen molar-refractivity contribution in [3.05, 3.63) is 35.4 Å². The molecule has 1 aromatic carbocycles. The SMILES string of the molecule is CC(C)N(CCCBr)Cc1cccc(C(F)(F)F)c1. The van der Waals surface area contributed by atoms with Crippen molar-refractivity contribution in [1.29, 1.82) is 0 Å². The summed E-state index contributed by atoms with van der Waals surface area (Å²) < 4.78 is 37.9. The van der Waals surface area contributed by atoms with Gasteiger partial charge in [-0.2, -0.15) is 13.2 Å². The first-order chi connectivity index (χ1) is 8.84. The largest absolute Gasteiger partial charge is 0.416 e. The van der Waals surface area contributed by atoms with Crippen LogP contribution in [0.2, 0.25) is 0 Å². The average Bonchev–Trinajstić information content (AvgIpc) is 2.33. The van der Waals surface area contributed by atoms with Gasteiger partial charge in [0.2, 0.25) is 0 Å². The topological polar surface area (TPSA) is 3.24 Å². The number of hydrogen-bond donors (Lipinski definition) is 0. The van der Waals surface area contributed by atoms with Gasteiger partial charge in [0, 0.05) is 17.9 Å². The van der Waals surface area contributed by atoms with Crippen molar-refractivity contribution in [2.24, 2.45) is 0 Å². The van der Waals surface area contributed by atoms with E-state index in [1.807, 2.05) is 0 Å². The molecule has 0 aromatic heterocycles. The molecule has 0 N–H and O–H groups in total. The van der Waals surface area contributed by atoms with E-state index in [2.05, 4.69) is 34.7 Å². The third-order valence-electron chi connectivity index (χ3n) is 2.95. The van der Waals surface area contributed by atoms with Gasteiger partial charge in [-0.1, -0.05) is 34.1 Å². The highest BCUT2D eigenvalue weighted by atomic mass is 79.9. The van der Waals surface area contributed by atoms with Crippen LogP contribution < -0.4 is 0 Å². The van der Waals surface area contributed by atoms with E-state index < -0.39 is 11.7 Å². The summed E-state index contributed by atoms with van der Waals surface area (Å²) >= 11 is 3.37. The van der Waals surface area contributed by atoms with E-state index >= 15 is 0 Å². The van der Waals surface area contributed by atoms with Crippen molar-refractivity contribution in [3.63, 3.8) is 0 Å². The molecule has 0 aliphatic heterocycles. The van der Waals surface area contributed by atoms with Crippen LogP contribution in [-0.4, -0.2) is 22.8 Å². The summed E-state index contributed by atoms with van der Waals surface area (Å²) in [6.45, 7) is 5.54. The molecule has 5 heteroatoms. The zero-order valence-electron chi connectivity index (χ0n) is 11.2. The van der Waals surface area contributed by atoms with Crippen LogP contribution in [0.1, 0.15) is 31.4 Å². The van der Waals surface area contributed by atoms with Crippen LogP contribution in [0, 0.1) is 0 Å². The van der Waals surface area contributed by atoms with Gasteiger partial charge < -0.3 is 0 Å². The van der Waals surface area contributed by atoms with Gasteiger partial charge in [-0.05, 0) is 38.4 Å². The van der Waals surface area contributed by atoms with E-state index in [1.165, 1.54) is 12.1 Å². The van der Waals surface area contributed by atoms with Crippen molar-refractivity contribution in [2.45, 2.75) is 39.0 Å². The van der Waals surface area contributed by atoms with Crippen LogP contribution in [0.4, 0.5) is 13.2 Å². The van der Waals surface area contributed by atoms with Crippen LogP contribution in [-0.2, 0) is 12.7 Å². The number of alkyl halides is 4. The summed E-state index contributed by atoms with van der Waals surface area (Å²) in [5.41, 5.74) is 0.132. The maximum absolute atomic E-state index is 12.6. The fourth-order valence-corrected chi connectivity index (χ4v) is 2.11. The molecule has 108 valence electrons. The highest BCUT2D eigenvalue weighted by Crippen LogP contribution is 2.29. The van der Waals surface area contributed by atoms with Crippen LogP contribution >= 0.6 is 15.9 Å². The van der Waals surface area contributed by atoms with Crippen LogP contribution in [0.25, 0.3) is 0 Å². The Labute approximate surface area is 120 Å². The molecule has 0 radical (unpaired) electrons. The van der Waals surface area contributed by atoms with E-state index in [9.17, 15) is 13.2 Å². The summed E-state index contributed by atoms with van der Waals surface area (Å²) in [6.07, 6.45) is -3.29. The molecule has 0 saturated heterocycles. The molecule has 0 atom stereocenters. The van der Waals surface area contributed by atoms with Gasteiger partial charge in [0.15, 0.2) is 0 Å². The Morgan fingerprint density at radius 3 is 2.47 bits per heavy atom. The van der Waals surface area contributed by atoms with Gasteiger partial charge in [-0.15, -0.1) is 0 Å². The second kappa shape index (κ2) is 7.29. The van der Waals surface area contributed by atoms with E-state index in [0.717, 1.165) is 24.4 Å². The zero-order valence-corrected chi connectivity index (χ0v) is 12.8. The monoisotopic (exact) mass is 337 g/mol. The standard InChI is InChI=1S/C14H19BrF3N/c1-11(2)19(8-4-7-15)10-12-5-3-6-13(9-12)14(16,17)18/h3,5-6,9,11H,4,7-8,10H2,1-2H3. The summed E-state index contributed by atoms with van der Waals surface area (Å²) in [5, 5.41) is 0.902. The van der Waals surface area contributed by atoms with E-state index in [-0.39, 0.29) is 0 Å². The van der Waals surface area contributed by atoms with Gasteiger partial charge in [0.05, 0.1) is 5.56 Å². The van der Waals surface area contributed by atoms with Gasteiger partial charge in [0.25, 0.3) is 0 Å². The molecule has 0 saturated carbocycles. The summed E-state index contributed by atoms with van der Waals surface area (Å²) in [5.74, 6) is 0. The van der Waals surface area contributed by atoms with Crippen molar-refractivity contribution >= 4 is 15.9 Å². The highest BCUT2D eigenvalue weighted by molar-refractivity contribution is 9.09. The zero-order chi connectivity index (χ0) is 14.5. The number of halogens is 4.